The number of hydrogen-bond donors (Lipinski definition) is 2. The Morgan fingerprint density at radius 1 is 1.05 bits per heavy atom. The number of amides is 1. The maximum atomic E-state index is 12.2. The van der Waals surface area contributed by atoms with E-state index in [-0.39, 0.29) is 18.3 Å². The number of nitrogens with one attached hydrogen (secondary N) is 1. The third-order valence-corrected chi connectivity index (χ3v) is 3.57. The van der Waals surface area contributed by atoms with Crippen molar-refractivity contribution >= 4 is 23.3 Å². The van der Waals surface area contributed by atoms with Crippen LogP contribution < -0.4 is 5.32 Å². The van der Waals surface area contributed by atoms with Crippen molar-refractivity contribution in [3.05, 3.63) is 70.2 Å². The van der Waals surface area contributed by atoms with E-state index in [1.807, 2.05) is 0 Å². The van der Waals surface area contributed by atoms with Gasteiger partial charge in [0.05, 0.1) is 12.6 Å². The van der Waals surface area contributed by atoms with Crippen LogP contribution in [0.15, 0.2) is 48.5 Å². The molecule has 0 radical (unpaired) electrons. The van der Waals surface area contributed by atoms with Crippen molar-refractivity contribution in [2.75, 3.05) is 6.61 Å². The molecule has 1 amide bonds. The highest BCUT2D eigenvalue weighted by molar-refractivity contribution is 6.30. The number of carbonyl (C=O) groups is 2. The lowest BCUT2D eigenvalue weighted by atomic mass is 10.1. The zero-order valence-electron chi connectivity index (χ0n) is 12.0. The van der Waals surface area contributed by atoms with Crippen LogP contribution in [0.3, 0.4) is 0 Å². The summed E-state index contributed by atoms with van der Waals surface area (Å²) in [6, 6.07) is 12.8. The molecule has 1 atom stereocenters. The number of hydrogen-bond acceptors (Lipinski definition) is 3. The summed E-state index contributed by atoms with van der Waals surface area (Å²) in [5.41, 5.74) is 1.74. The average molecular weight is 318 g/mol. The second-order valence-corrected chi connectivity index (χ2v) is 5.33. The lowest BCUT2D eigenvalue weighted by Gasteiger charge is -2.17. The van der Waals surface area contributed by atoms with Crippen LogP contribution in [0.5, 0.6) is 0 Å². The summed E-state index contributed by atoms with van der Waals surface area (Å²) in [6.07, 6.45) is 0. The Balaban J connectivity index is 2.11. The highest BCUT2D eigenvalue weighted by Crippen LogP contribution is 2.17. The number of carbonyl (C=O) groups excluding carboxylic acids is 2. The van der Waals surface area contributed by atoms with Crippen molar-refractivity contribution in [2.45, 2.75) is 13.0 Å². The summed E-state index contributed by atoms with van der Waals surface area (Å²) in [5, 5.41) is 12.8. The predicted octanol–water partition coefficient (Wildman–Crippen LogP) is 3.01. The number of aliphatic hydroxyl groups excluding tert-OH is 1. The Labute approximate surface area is 133 Å². The van der Waals surface area contributed by atoms with E-state index in [1.54, 1.807) is 48.5 Å². The summed E-state index contributed by atoms with van der Waals surface area (Å²) in [5.74, 6) is -0.370. The molecule has 4 nitrogen and oxygen atoms in total. The van der Waals surface area contributed by atoms with E-state index in [1.165, 1.54) is 6.92 Å². The lowest BCUT2D eigenvalue weighted by molar-refractivity contribution is 0.0915. The van der Waals surface area contributed by atoms with Gasteiger partial charge in [0.15, 0.2) is 5.78 Å². The molecule has 0 fully saturated rings. The zero-order valence-corrected chi connectivity index (χ0v) is 12.8. The number of aliphatic hydroxyl groups is 1. The third-order valence-electron chi connectivity index (χ3n) is 3.31. The van der Waals surface area contributed by atoms with Crippen molar-refractivity contribution in [3.8, 4) is 0 Å². The van der Waals surface area contributed by atoms with Crippen LogP contribution in [0.4, 0.5) is 0 Å². The van der Waals surface area contributed by atoms with Crippen LogP contribution in [0.25, 0.3) is 0 Å². The van der Waals surface area contributed by atoms with Gasteiger partial charge < -0.3 is 10.4 Å². The van der Waals surface area contributed by atoms with E-state index in [2.05, 4.69) is 5.32 Å². The first kappa shape index (κ1) is 16.2. The van der Waals surface area contributed by atoms with Crippen molar-refractivity contribution in [2.24, 2.45) is 0 Å². The molecule has 0 spiro atoms. The number of ketones is 1. The first-order valence-corrected chi connectivity index (χ1v) is 7.17. The maximum absolute atomic E-state index is 12.2. The molecule has 2 aromatic rings. The third kappa shape index (κ3) is 3.93. The van der Waals surface area contributed by atoms with E-state index in [0.717, 1.165) is 5.56 Å². The van der Waals surface area contributed by atoms with Crippen molar-refractivity contribution < 1.29 is 14.7 Å². The van der Waals surface area contributed by atoms with Crippen molar-refractivity contribution in [1.82, 2.24) is 5.32 Å². The molecule has 114 valence electrons. The summed E-state index contributed by atoms with van der Waals surface area (Å²) >= 11 is 5.82. The Hall–Kier alpha value is -2.17. The second-order valence-electron chi connectivity index (χ2n) is 4.89. The average Bonchev–Trinajstić information content (AvgIpc) is 2.53. The Morgan fingerprint density at radius 2 is 1.59 bits per heavy atom. The smallest absolute Gasteiger partial charge is 0.251 e. The van der Waals surface area contributed by atoms with E-state index in [9.17, 15) is 14.7 Å². The van der Waals surface area contributed by atoms with Gasteiger partial charge in [0.1, 0.15) is 0 Å². The van der Waals surface area contributed by atoms with E-state index in [0.29, 0.717) is 16.1 Å². The molecule has 0 aliphatic heterocycles. The van der Waals surface area contributed by atoms with Gasteiger partial charge in [-0.25, -0.2) is 0 Å². The molecular formula is C17H16ClNO3. The largest absolute Gasteiger partial charge is 0.394 e. The second kappa shape index (κ2) is 7.20. The minimum Gasteiger partial charge on any atom is -0.394 e. The van der Waals surface area contributed by atoms with Crippen LogP contribution in [0, 0.1) is 0 Å². The fourth-order valence-corrected chi connectivity index (χ4v) is 2.15. The van der Waals surface area contributed by atoms with Gasteiger partial charge in [-0.1, -0.05) is 35.9 Å². The number of benzene rings is 2. The highest BCUT2D eigenvalue weighted by Gasteiger charge is 2.15. The molecule has 1 unspecified atom stereocenters. The number of Topliss-reactive ketones (excluding diaryl/α,β-unsaturated/α-hetero) is 1. The van der Waals surface area contributed by atoms with Gasteiger partial charge in [-0.15, -0.1) is 0 Å². The molecule has 0 aliphatic rings. The van der Waals surface area contributed by atoms with Crippen LogP contribution >= 0.6 is 11.6 Å². The van der Waals surface area contributed by atoms with E-state index < -0.39 is 6.04 Å². The molecule has 2 aromatic carbocycles. The molecular weight excluding hydrogens is 302 g/mol. The highest BCUT2D eigenvalue weighted by atomic mass is 35.5. The first-order valence-electron chi connectivity index (χ1n) is 6.79. The minimum absolute atomic E-state index is 0.0543. The van der Waals surface area contributed by atoms with E-state index >= 15 is 0 Å². The van der Waals surface area contributed by atoms with Crippen LogP contribution in [0.1, 0.15) is 39.2 Å². The quantitative estimate of drug-likeness (QED) is 0.833. The standard InChI is InChI=1S/C17H16ClNO3/c1-11(21)12-2-4-14(5-3-12)17(22)19-16(10-20)13-6-8-15(18)9-7-13/h2-9,16,20H,10H2,1H3,(H,19,22). The van der Waals surface area contributed by atoms with Gasteiger partial charge in [-0.3, -0.25) is 9.59 Å². The van der Waals surface area contributed by atoms with Gasteiger partial charge >= 0.3 is 0 Å². The SMILES string of the molecule is CC(=O)c1ccc(C(=O)NC(CO)c2ccc(Cl)cc2)cc1. The normalized spacial score (nSPS) is 11.8. The molecule has 2 rings (SSSR count). The van der Waals surface area contributed by atoms with Gasteiger partial charge in [0.2, 0.25) is 0 Å². The molecule has 0 saturated heterocycles. The zero-order chi connectivity index (χ0) is 16.1. The first-order chi connectivity index (χ1) is 10.5. The number of rotatable bonds is 5. The summed E-state index contributed by atoms with van der Waals surface area (Å²) < 4.78 is 0. The molecule has 0 heterocycles. The minimum atomic E-state index is -0.516. The molecule has 0 saturated carbocycles. The molecule has 5 heteroatoms. The Morgan fingerprint density at radius 3 is 2.09 bits per heavy atom. The predicted molar refractivity (Wildman–Crippen MR) is 85.2 cm³/mol. The lowest BCUT2D eigenvalue weighted by Crippen LogP contribution is -2.30. The van der Waals surface area contributed by atoms with Gasteiger partial charge in [0.25, 0.3) is 5.91 Å². The summed E-state index contributed by atoms with van der Waals surface area (Å²) in [4.78, 5) is 23.4. The topological polar surface area (TPSA) is 66.4 Å². The van der Waals surface area contributed by atoms with Gasteiger partial charge in [-0.2, -0.15) is 0 Å². The molecule has 0 aliphatic carbocycles. The monoisotopic (exact) mass is 317 g/mol. The molecule has 0 bridgehead atoms. The Bertz CT molecular complexity index is 665. The fourth-order valence-electron chi connectivity index (χ4n) is 2.03. The van der Waals surface area contributed by atoms with Crippen LogP contribution in [-0.2, 0) is 0 Å². The van der Waals surface area contributed by atoms with Gasteiger partial charge in [0, 0.05) is 16.1 Å². The van der Waals surface area contributed by atoms with Crippen LogP contribution in [-0.4, -0.2) is 23.4 Å². The van der Waals surface area contributed by atoms with Gasteiger partial charge in [-0.05, 0) is 36.8 Å². The van der Waals surface area contributed by atoms with E-state index in [4.69, 9.17) is 11.6 Å². The summed E-state index contributed by atoms with van der Waals surface area (Å²) in [7, 11) is 0. The van der Waals surface area contributed by atoms with Crippen LogP contribution in [0.2, 0.25) is 5.02 Å². The molecule has 0 aromatic heterocycles. The molecule has 2 N–H and O–H groups in total. The van der Waals surface area contributed by atoms with Crippen molar-refractivity contribution in [3.63, 3.8) is 0 Å². The van der Waals surface area contributed by atoms with Crippen molar-refractivity contribution in [1.29, 1.82) is 0 Å². The Kier molecular flexibility index (Phi) is 5.31. The molecule has 22 heavy (non-hydrogen) atoms. The number of halogens is 1. The fraction of sp³-hybridized carbons (Fsp3) is 0.176. The summed E-state index contributed by atoms with van der Waals surface area (Å²) in [6.45, 7) is 1.25. The maximum Gasteiger partial charge on any atom is 0.251 e.